The Bertz CT molecular complexity index is 755. The minimum Gasteiger partial charge on any atom is -0.354 e. The zero-order chi connectivity index (χ0) is 18.0. The number of aromatic nitrogens is 4. The average Bonchev–Trinajstić information content (AvgIpc) is 2.94. The maximum Gasteiger partial charge on any atom is 0.272 e. The van der Waals surface area contributed by atoms with E-state index in [4.69, 9.17) is 0 Å². The van der Waals surface area contributed by atoms with Gasteiger partial charge in [0.05, 0.1) is 0 Å². The van der Waals surface area contributed by atoms with Crippen LogP contribution in [-0.2, 0) is 7.05 Å². The minimum atomic E-state index is -0.112. The zero-order valence-electron chi connectivity index (χ0n) is 15.1. The number of nitrogens with one attached hydrogen (secondary N) is 1. The summed E-state index contributed by atoms with van der Waals surface area (Å²) in [5, 5.41) is 8.15. The second-order valence-corrected chi connectivity index (χ2v) is 7.18. The van der Waals surface area contributed by atoms with Gasteiger partial charge in [-0.05, 0) is 39.0 Å². The summed E-state index contributed by atoms with van der Waals surface area (Å²) in [6.07, 6.45) is 3.96. The van der Waals surface area contributed by atoms with Crippen LogP contribution in [0.15, 0.2) is 17.3 Å². The van der Waals surface area contributed by atoms with Crippen LogP contribution in [0.1, 0.15) is 34.7 Å². The van der Waals surface area contributed by atoms with Crippen molar-refractivity contribution in [1.29, 1.82) is 0 Å². The van der Waals surface area contributed by atoms with E-state index in [0.717, 1.165) is 48.3 Å². The smallest absolute Gasteiger partial charge is 0.272 e. The molecule has 1 N–H and O–H groups in total. The molecule has 1 aliphatic rings. The Labute approximate surface area is 152 Å². The molecule has 25 heavy (non-hydrogen) atoms. The minimum absolute atomic E-state index is 0.0940. The molecule has 0 radical (unpaired) electrons. The average molecular weight is 360 g/mol. The molecule has 0 aromatic carbocycles. The van der Waals surface area contributed by atoms with Crippen molar-refractivity contribution in [2.45, 2.75) is 37.9 Å². The Morgan fingerprint density at radius 3 is 2.80 bits per heavy atom. The summed E-state index contributed by atoms with van der Waals surface area (Å²) in [6.45, 7) is 5.62. The molecule has 2 aromatic rings. The number of amides is 1. The van der Waals surface area contributed by atoms with E-state index >= 15 is 0 Å². The van der Waals surface area contributed by atoms with Gasteiger partial charge in [0.25, 0.3) is 5.91 Å². The third kappa shape index (κ3) is 4.12. The maximum absolute atomic E-state index is 12.4. The van der Waals surface area contributed by atoms with Gasteiger partial charge in [0, 0.05) is 43.6 Å². The summed E-state index contributed by atoms with van der Waals surface area (Å²) in [6, 6.07) is 3.91. The molecule has 1 amide bonds. The summed E-state index contributed by atoms with van der Waals surface area (Å²) in [5.41, 5.74) is 2.40. The Morgan fingerprint density at radius 2 is 2.12 bits per heavy atom. The van der Waals surface area contributed by atoms with Crippen molar-refractivity contribution in [1.82, 2.24) is 25.1 Å². The number of nitrogens with zero attached hydrogens (tertiary/aromatic N) is 5. The lowest BCUT2D eigenvalue weighted by Crippen LogP contribution is -2.48. The van der Waals surface area contributed by atoms with Crippen molar-refractivity contribution in [3.63, 3.8) is 0 Å². The topological polar surface area (TPSA) is 75.9 Å². The molecule has 3 heterocycles. The van der Waals surface area contributed by atoms with Gasteiger partial charge in [-0.2, -0.15) is 5.10 Å². The summed E-state index contributed by atoms with van der Waals surface area (Å²) in [4.78, 5) is 23.7. The first-order chi connectivity index (χ1) is 12.0. The molecule has 8 heteroatoms. The van der Waals surface area contributed by atoms with E-state index in [0.29, 0.717) is 5.69 Å². The van der Waals surface area contributed by atoms with E-state index in [2.05, 4.69) is 25.3 Å². The van der Waals surface area contributed by atoms with Crippen molar-refractivity contribution in [3.05, 3.63) is 29.2 Å². The quantitative estimate of drug-likeness (QED) is 0.663. The van der Waals surface area contributed by atoms with E-state index < -0.39 is 0 Å². The van der Waals surface area contributed by atoms with Crippen LogP contribution in [0.5, 0.6) is 0 Å². The molecular formula is C17H24N6OS. The van der Waals surface area contributed by atoms with E-state index in [1.807, 2.05) is 39.3 Å². The van der Waals surface area contributed by atoms with Gasteiger partial charge < -0.3 is 10.2 Å². The predicted octanol–water partition coefficient (Wildman–Crippen LogP) is 1.95. The summed E-state index contributed by atoms with van der Waals surface area (Å²) in [7, 11) is 1.84. The Balaban J connectivity index is 1.69. The molecule has 7 nitrogen and oxygen atoms in total. The summed E-state index contributed by atoms with van der Waals surface area (Å²) >= 11 is 1.54. The normalized spacial score (nSPS) is 17.6. The first-order valence-corrected chi connectivity index (χ1v) is 9.65. The second-order valence-electron chi connectivity index (χ2n) is 6.41. The Kier molecular flexibility index (Phi) is 5.27. The van der Waals surface area contributed by atoms with Crippen LogP contribution >= 0.6 is 11.8 Å². The van der Waals surface area contributed by atoms with Gasteiger partial charge in [-0.15, -0.1) is 0 Å². The fourth-order valence-corrected chi connectivity index (χ4v) is 3.43. The monoisotopic (exact) mass is 360 g/mol. The number of carbonyl (C=O) groups excluding carboxylic acids is 1. The fraction of sp³-hybridized carbons (Fsp3) is 0.529. The van der Waals surface area contributed by atoms with Crippen molar-refractivity contribution < 1.29 is 4.79 Å². The van der Waals surface area contributed by atoms with Gasteiger partial charge in [0.15, 0.2) is 5.16 Å². The summed E-state index contributed by atoms with van der Waals surface area (Å²) in [5.74, 6) is 0.823. The van der Waals surface area contributed by atoms with Crippen LogP contribution in [0, 0.1) is 13.8 Å². The van der Waals surface area contributed by atoms with Crippen LogP contribution in [0.3, 0.4) is 0 Å². The summed E-state index contributed by atoms with van der Waals surface area (Å²) < 4.78 is 1.72. The van der Waals surface area contributed by atoms with Crippen molar-refractivity contribution in [2.75, 3.05) is 24.2 Å². The van der Waals surface area contributed by atoms with Crippen molar-refractivity contribution in [3.8, 4) is 0 Å². The highest BCUT2D eigenvalue weighted by atomic mass is 32.2. The number of thioether (sulfide) groups is 1. The molecule has 1 fully saturated rings. The molecule has 1 saturated heterocycles. The Morgan fingerprint density at radius 1 is 1.32 bits per heavy atom. The highest BCUT2D eigenvalue weighted by Gasteiger charge is 2.24. The molecule has 134 valence electrons. The van der Waals surface area contributed by atoms with Gasteiger partial charge in [0.1, 0.15) is 11.5 Å². The molecular weight excluding hydrogens is 336 g/mol. The highest BCUT2D eigenvalue weighted by molar-refractivity contribution is 7.98. The van der Waals surface area contributed by atoms with E-state index in [1.165, 1.54) is 0 Å². The largest absolute Gasteiger partial charge is 0.354 e. The number of hydrogen-bond acceptors (Lipinski definition) is 6. The SMILES string of the molecule is CSc1nc(C)cc(N2CCCC(NC(=O)c3cc(C)n(C)n3)C2)n1. The lowest BCUT2D eigenvalue weighted by molar-refractivity contribution is 0.0927. The number of carbonyl (C=O) groups is 1. The van der Waals surface area contributed by atoms with E-state index in [1.54, 1.807) is 16.4 Å². The molecule has 2 aromatic heterocycles. The molecule has 3 rings (SSSR count). The predicted molar refractivity (Wildman–Crippen MR) is 99.2 cm³/mol. The zero-order valence-corrected chi connectivity index (χ0v) is 15.9. The fourth-order valence-electron chi connectivity index (χ4n) is 3.01. The third-order valence-electron chi connectivity index (χ3n) is 4.43. The van der Waals surface area contributed by atoms with Crippen molar-refractivity contribution in [2.24, 2.45) is 7.05 Å². The lowest BCUT2D eigenvalue weighted by atomic mass is 10.1. The van der Waals surface area contributed by atoms with Crippen LogP contribution in [-0.4, -0.2) is 51.0 Å². The number of aryl methyl sites for hydroxylation is 3. The van der Waals surface area contributed by atoms with Gasteiger partial charge in [-0.25, -0.2) is 9.97 Å². The molecule has 0 bridgehead atoms. The first kappa shape index (κ1) is 17.7. The van der Waals surface area contributed by atoms with Gasteiger partial charge in [0.2, 0.25) is 0 Å². The standard InChI is InChI=1S/C17H24N6OS/c1-11-8-15(20-17(18-11)25-4)23-7-5-6-13(10-23)19-16(24)14-9-12(2)22(3)21-14/h8-9,13H,5-7,10H2,1-4H3,(H,19,24). The molecule has 1 unspecified atom stereocenters. The lowest BCUT2D eigenvalue weighted by Gasteiger charge is -2.34. The maximum atomic E-state index is 12.4. The van der Waals surface area contributed by atoms with Crippen LogP contribution < -0.4 is 10.2 Å². The molecule has 0 saturated carbocycles. The second kappa shape index (κ2) is 7.43. The number of anilines is 1. The van der Waals surface area contributed by atoms with Crippen LogP contribution in [0.2, 0.25) is 0 Å². The number of piperidine rings is 1. The molecule has 0 aliphatic carbocycles. The third-order valence-corrected chi connectivity index (χ3v) is 4.98. The Hall–Kier alpha value is -2.09. The van der Waals surface area contributed by atoms with Crippen LogP contribution in [0.4, 0.5) is 5.82 Å². The number of hydrogen-bond donors (Lipinski definition) is 1. The number of rotatable bonds is 4. The first-order valence-electron chi connectivity index (χ1n) is 8.42. The van der Waals surface area contributed by atoms with Crippen molar-refractivity contribution >= 4 is 23.5 Å². The van der Waals surface area contributed by atoms with Gasteiger partial charge in [-0.1, -0.05) is 11.8 Å². The molecule has 1 aliphatic heterocycles. The van der Waals surface area contributed by atoms with Crippen LogP contribution in [0.25, 0.3) is 0 Å². The van der Waals surface area contributed by atoms with Gasteiger partial charge in [-0.3, -0.25) is 9.48 Å². The van der Waals surface area contributed by atoms with Gasteiger partial charge >= 0.3 is 0 Å². The molecule has 1 atom stereocenters. The highest BCUT2D eigenvalue weighted by Crippen LogP contribution is 2.21. The molecule has 0 spiro atoms. The van der Waals surface area contributed by atoms with E-state index in [9.17, 15) is 4.79 Å². The van der Waals surface area contributed by atoms with E-state index in [-0.39, 0.29) is 11.9 Å².